The van der Waals surface area contributed by atoms with Crippen molar-refractivity contribution in [1.82, 2.24) is 0 Å². The van der Waals surface area contributed by atoms with Crippen LogP contribution in [0, 0.1) is 19.8 Å². The zero-order chi connectivity index (χ0) is 13.8. The molecule has 19 heavy (non-hydrogen) atoms. The highest BCUT2D eigenvalue weighted by atomic mass is 16.1. The molecule has 1 heteroatoms. The predicted octanol–water partition coefficient (Wildman–Crippen LogP) is 4.95. The number of carbonyl (C=O) groups excluding carboxylic acids is 1. The number of hydrogen-bond acceptors (Lipinski definition) is 1. The Kier molecular flexibility index (Phi) is 4.79. The molecule has 2 atom stereocenters. The minimum atomic E-state index is 0.167. The number of carbonyl (C=O) groups is 1. The van der Waals surface area contributed by atoms with Crippen molar-refractivity contribution in [3.05, 3.63) is 34.9 Å². The second-order valence-electron chi connectivity index (χ2n) is 6.10. The Bertz CT molecular complexity index is 447. The molecule has 0 bridgehead atoms. The molecule has 1 nitrogen and oxygen atoms in total. The van der Waals surface area contributed by atoms with E-state index in [0.717, 1.165) is 12.8 Å². The maximum atomic E-state index is 12.4. The van der Waals surface area contributed by atoms with Gasteiger partial charge in [0.25, 0.3) is 0 Å². The molecule has 0 spiro atoms. The summed E-state index contributed by atoms with van der Waals surface area (Å²) in [5.74, 6) is 1.21. The largest absolute Gasteiger partial charge is 0.299 e. The highest BCUT2D eigenvalue weighted by Gasteiger charge is 2.33. The molecule has 2 rings (SSSR count). The number of unbranched alkanes of at least 4 members (excludes halogenated alkanes) is 1. The van der Waals surface area contributed by atoms with Gasteiger partial charge in [-0.15, -0.1) is 0 Å². The molecule has 104 valence electrons. The first kappa shape index (κ1) is 14.3. The van der Waals surface area contributed by atoms with Gasteiger partial charge in [-0.2, -0.15) is 0 Å². The molecule has 0 radical (unpaired) electrons. The molecular weight excluding hydrogens is 232 g/mol. The van der Waals surface area contributed by atoms with E-state index < -0.39 is 0 Å². The number of hydrogen-bond donors (Lipinski definition) is 0. The molecule has 0 aliphatic heterocycles. The molecule has 1 fully saturated rings. The first-order valence-electron chi connectivity index (χ1n) is 7.73. The van der Waals surface area contributed by atoms with E-state index >= 15 is 0 Å². The van der Waals surface area contributed by atoms with Crippen molar-refractivity contribution in [3.63, 3.8) is 0 Å². The summed E-state index contributed by atoms with van der Waals surface area (Å²) in [5.41, 5.74) is 3.87. The van der Waals surface area contributed by atoms with Crippen LogP contribution in [0.2, 0.25) is 0 Å². The third kappa shape index (κ3) is 3.26. The highest BCUT2D eigenvalue weighted by Crippen LogP contribution is 2.39. The zero-order valence-electron chi connectivity index (χ0n) is 12.5. The third-order valence-electron chi connectivity index (χ3n) is 4.51. The second-order valence-corrected chi connectivity index (χ2v) is 6.10. The van der Waals surface area contributed by atoms with Crippen LogP contribution in [0.3, 0.4) is 0 Å². The van der Waals surface area contributed by atoms with E-state index in [1.165, 1.54) is 42.4 Å². The predicted molar refractivity (Wildman–Crippen MR) is 80.5 cm³/mol. The van der Waals surface area contributed by atoms with Gasteiger partial charge in [-0.05, 0) is 50.2 Å². The molecule has 1 aliphatic carbocycles. The lowest BCUT2D eigenvalue weighted by atomic mass is 9.71. The van der Waals surface area contributed by atoms with Gasteiger partial charge in [-0.25, -0.2) is 0 Å². The molecule has 1 aliphatic rings. The van der Waals surface area contributed by atoms with Crippen LogP contribution in [0.4, 0.5) is 0 Å². The van der Waals surface area contributed by atoms with Crippen molar-refractivity contribution in [2.75, 3.05) is 0 Å². The highest BCUT2D eigenvalue weighted by molar-refractivity contribution is 5.87. The van der Waals surface area contributed by atoms with E-state index in [2.05, 4.69) is 39.0 Å². The Hall–Kier alpha value is -1.11. The van der Waals surface area contributed by atoms with Crippen LogP contribution in [-0.2, 0) is 4.79 Å². The topological polar surface area (TPSA) is 17.1 Å². The average molecular weight is 258 g/mol. The van der Waals surface area contributed by atoms with E-state index in [0.29, 0.717) is 11.7 Å². The first-order valence-corrected chi connectivity index (χ1v) is 7.73. The summed E-state index contributed by atoms with van der Waals surface area (Å²) in [5, 5.41) is 0. The van der Waals surface area contributed by atoms with Crippen LogP contribution in [0.25, 0.3) is 0 Å². The van der Waals surface area contributed by atoms with E-state index in [9.17, 15) is 4.79 Å². The van der Waals surface area contributed by atoms with Gasteiger partial charge in [0.05, 0.1) is 0 Å². The van der Waals surface area contributed by atoms with Crippen molar-refractivity contribution >= 4 is 5.78 Å². The maximum absolute atomic E-state index is 12.4. The molecule has 0 aromatic heterocycles. The molecule has 0 amide bonds. The van der Waals surface area contributed by atoms with Crippen LogP contribution in [0.1, 0.15) is 68.1 Å². The van der Waals surface area contributed by atoms with E-state index in [4.69, 9.17) is 0 Å². The number of aryl methyl sites for hydroxylation is 2. The third-order valence-corrected chi connectivity index (χ3v) is 4.51. The summed E-state index contributed by atoms with van der Waals surface area (Å²) >= 11 is 0. The van der Waals surface area contributed by atoms with Gasteiger partial charge in [0.1, 0.15) is 5.78 Å². The summed E-state index contributed by atoms with van der Waals surface area (Å²) in [6.45, 7) is 6.51. The summed E-state index contributed by atoms with van der Waals surface area (Å²) in [4.78, 5) is 12.4. The van der Waals surface area contributed by atoms with Crippen molar-refractivity contribution in [3.8, 4) is 0 Å². The van der Waals surface area contributed by atoms with Gasteiger partial charge in [0.2, 0.25) is 0 Å². The number of ketones is 1. The number of Topliss-reactive ketones (excluding diaryl/α,β-unsaturated/α-hetero) is 1. The van der Waals surface area contributed by atoms with Gasteiger partial charge >= 0.3 is 0 Å². The monoisotopic (exact) mass is 258 g/mol. The van der Waals surface area contributed by atoms with E-state index in [-0.39, 0.29) is 5.92 Å². The Morgan fingerprint density at radius 1 is 1.26 bits per heavy atom. The van der Waals surface area contributed by atoms with E-state index in [1.807, 2.05) is 0 Å². The Labute approximate surface area is 117 Å². The van der Waals surface area contributed by atoms with Gasteiger partial charge in [0, 0.05) is 12.3 Å². The average Bonchev–Trinajstić information content (AvgIpc) is 2.37. The van der Waals surface area contributed by atoms with Crippen LogP contribution < -0.4 is 0 Å². The molecule has 0 N–H and O–H groups in total. The normalized spacial score (nSPS) is 23.6. The SMILES string of the molecule is CCCC[C@@H]1CCCC(=O)[C@H]1c1ccc(C)cc1C. The van der Waals surface area contributed by atoms with Crippen molar-refractivity contribution in [2.24, 2.45) is 5.92 Å². The summed E-state index contributed by atoms with van der Waals surface area (Å²) in [6, 6.07) is 6.56. The molecule has 0 saturated heterocycles. The van der Waals surface area contributed by atoms with Gasteiger partial charge < -0.3 is 0 Å². The quantitative estimate of drug-likeness (QED) is 0.747. The van der Waals surface area contributed by atoms with Crippen LogP contribution in [0.5, 0.6) is 0 Å². The number of rotatable bonds is 4. The minimum Gasteiger partial charge on any atom is -0.299 e. The fourth-order valence-electron chi connectivity index (χ4n) is 3.50. The summed E-state index contributed by atoms with van der Waals surface area (Å²) < 4.78 is 0. The van der Waals surface area contributed by atoms with Gasteiger partial charge in [-0.3, -0.25) is 4.79 Å². The van der Waals surface area contributed by atoms with Crippen LogP contribution in [-0.4, -0.2) is 5.78 Å². The first-order chi connectivity index (χ1) is 9.13. The Morgan fingerprint density at radius 3 is 2.74 bits per heavy atom. The summed E-state index contributed by atoms with van der Waals surface area (Å²) in [6.07, 6.45) is 6.78. The van der Waals surface area contributed by atoms with Crippen molar-refractivity contribution < 1.29 is 4.79 Å². The molecule has 0 unspecified atom stereocenters. The standard InChI is InChI=1S/C18H26O/c1-4-5-7-15-8-6-9-17(19)18(15)16-11-10-13(2)12-14(16)3/h10-12,15,18H,4-9H2,1-3H3/t15-,18-/m1/s1. The lowest BCUT2D eigenvalue weighted by Crippen LogP contribution is -2.27. The lowest BCUT2D eigenvalue weighted by Gasteiger charge is -2.32. The fraction of sp³-hybridized carbons (Fsp3) is 0.611. The fourth-order valence-corrected chi connectivity index (χ4v) is 3.50. The molecule has 1 aromatic carbocycles. The second kappa shape index (κ2) is 6.36. The molecule has 1 aromatic rings. The summed E-state index contributed by atoms with van der Waals surface area (Å²) in [7, 11) is 0. The lowest BCUT2D eigenvalue weighted by molar-refractivity contribution is -0.123. The van der Waals surface area contributed by atoms with Crippen LogP contribution >= 0.6 is 0 Å². The van der Waals surface area contributed by atoms with Crippen molar-refractivity contribution in [2.45, 2.75) is 65.2 Å². The van der Waals surface area contributed by atoms with Gasteiger partial charge in [0.15, 0.2) is 0 Å². The molecular formula is C18H26O. The number of benzene rings is 1. The smallest absolute Gasteiger partial charge is 0.140 e. The Morgan fingerprint density at radius 2 is 2.05 bits per heavy atom. The van der Waals surface area contributed by atoms with E-state index in [1.54, 1.807) is 0 Å². The minimum absolute atomic E-state index is 0.167. The van der Waals surface area contributed by atoms with Gasteiger partial charge in [-0.1, -0.05) is 43.5 Å². The Balaban J connectivity index is 2.28. The maximum Gasteiger partial charge on any atom is 0.140 e. The van der Waals surface area contributed by atoms with Crippen molar-refractivity contribution in [1.29, 1.82) is 0 Å². The molecule has 0 heterocycles. The zero-order valence-corrected chi connectivity index (χ0v) is 12.5. The molecule has 1 saturated carbocycles. The van der Waals surface area contributed by atoms with Crippen LogP contribution in [0.15, 0.2) is 18.2 Å².